The average Bonchev–Trinajstić information content (AvgIpc) is 3.03. The van der Waals surface area contributed by atoms with Crippen LogP contribution in [0.5, 0.6) is 0 Å². The van der Waals surface area contributed by atoms with Gasteiger partial charge in [-0.2, -0.15) is 0 Å². The van der Waals surface area contributed by atoms with E-state index in [0.29, 0.717) is 5.16 Å². The number of para-hydroxylation sites is 1. The van der Waals surface area contributed by atoms with Crippen molar-refractivity contribution in [2.24, 2.45) is 0 Å². The molecule has 0 aliphatic carbocycles. The number of aryl methyl sites for hydroxylation is 1. The summed E-state index contributed by atoms with van der Waals surface area (Å²) in [6.07, 6.45) is 0. The molecule has 0 spiro atoms. The summed E-state index contributed by atoms with van der Waals surface area (Å²) in [6, 6.07) is 17.7. The fourth-order valence-corrected chi connectivity index (χ4v) is 4.01. The van der Waals surface area contributed by atoms with Gasteiger partial charge in [0.1, 0.15) is 0 Å². The van der Waals surface area contributed by atoms with Crippen molar-refractivity contribution in [3.05, 3.63) is 64.6 Å². The zero-order valence-electron chi connectivity index (χ0n) is 13.9. The molecular weight excluding hydrogens is 412 g/mol. The Bertz CT molecular complexity index is 1130. The second kappa shape index (κ2) is 7.09. The van der Waals surface area contributed by atoms with E-state index in [-0.39, 0.29) is 11.7 Å². The normalized spacial score (nSPS) is 11.2. The molecule has 130 valence electrons. The summed E-state index contributed by atoms with van der Waals surface area (Å²) in [5, 5.41) is 13.3. The van der Waals surface area contributed by atoms with Gasteiger partial charge in [-0.05, 0) is 42.8 Å². The number of hydrogen-bond acceptors (Lipinski definition) is 4. The Labute approximate surface area is 162 Å². The number of anilines is 1. The SMILES string of the molecule is Cc1cc2nnc(SCC(=O)Nc3cccc(Br)c3)n2c2ccccc12. The van der Waals surface area contributed by atoms with Crippen LogP contribution in [0.3, 0.4) is 0 Å². The van der Waals surface area contributed by atoms with E-state index in [0.717, 1.165) is 32.3 Å². The first-order valence-corrected chi connectivity index (χ1v) is 9.81. The van der Waals surface area contributed by atoms with Crippen LogP contribution in [-0.4, -0.2) is 26.3 Å². The molecule has 0 bridgehead atoms. The molecule has 26 heavy (non-hydrogen) atoms. The summed E-state index contributed by atoms with van der Waals surface area (Å²) in [7, 11) is 0. The molecule has 0 unspecified atom stereocenters. The third-order valence-corrected chi connectivity index (χ3v) is 5.44. The van der Waals surface area contributed by atoms with E-state index in [9.17, 15) is 4.79 Å². The van der Waals surface area contributed by atoms with Crippen LogP contribution in [0.2, 0.25) is 0 Å². The van der Waals surface area contributed by atoms with Crippen LogP contribution in [0.15, 0.2) is 64.2 Å². The quantitative estimate of drug-likeness (QED) is 0.481. The Morgan fingerprint density at radius 3 is 2.85 bits per heavy atom. The maximum Gasteiger partial charge on any atom is 0.234 e. The monoisotopic (exact) mass is 426 g/mol. The first-order chi connectivity index (χ1) is 12.6. The van der Waals surface area contributed by atoms with E-state index in [1.165, 1.54) is 11.8 Å². The van der Waals surface area contributed by atoms with Crippen molar-refractivity contribution < 1.29 is 4.79 Å². The topological polar surface area (TPSA) is 59.3 Å². The summed E-state index contributed by atoms with van der Waals surface area (Å²) in [6.45, 7) is 2.06. The smallest absolute Gasteiger partial charge is 0.234 e. The molecule has 0 aliphatic rings. The van der Waals surface area contributed by atoms with E-state index in [1.54, 1.807) is 0 Å². The number of nitrogens with zero attached hydrogens (tertiary/aromatic N) is 3. The Morgan fingerprint density at radius 2 is 2.00 bits per heavy atom. The van der Waals surface area contributed by atoms with Gasteiger partial charge in [-0.25, -0.2) is 0 Å². The number of hydrogen-bond donors (Lipinski definition) is 1. The third kappa shape index (κ3) is 3.32. The summed E-state index contributed by atoms with van der Waals surface area (Å²) in [5.41, 5.74) is 3.75. The molecule has 1 N–H and O–H groups in total. The molecule has 2 aromatic heterocycles. The number of pyridine rings is 1. The number of amides is 1. The number of fused-ring (bicyclic) bond motifs is 3. The molecule has 0 saturated carbocycles. The van der Waals surface area contributed by atoms with Crippen molar-refractivity contribution >= 4 is 55.8 Å². The van der Waals surface area contributed by atoms with Gasteiger partial charge < -0.3 is 5.32 Å². The summed E-state index contributed by atoms with van der Waals surface area (Å²) < 4.78 is 2.92. The highest BCUT2D eigenvalue weighted by atomic mass is 79.9. The fourth-order valence-electron chi connectivity index (χ4n) is 2.86. The van der Waals surface area contributed by atoms with Crippen LogP contribution in [0.25, 0.3) is 16.6 Å². The third-order valence-electron chi connectivity index (χ3n) is 4.01. The summed E-state index contributed by atoms with van der Waals surface area (Å²) >= 11 is 4.77. The first-order valence-electron chi connectivity index (χ1n) is 8.03. The Kier molecular flexibility index (Phi) is 4.65. The number of aromatic nitrogens is 3. The van der Waals surface area contributed by atoms with E-state index < -0.39 is 0 Å². The van der Waals surface area contributed by atoms with Crippen molar-refractivity contribution in [1.82, 2.24) is 14.6 Å². The predicted octanol–water partition coefficient (Wildman–Crippen LogP) is 4.68. The molecule has 0 saturated heterocycles. The van der Waals surface area contributed by atoms with Crippen LogP contribution < -0.4 is 5.32 Å². The molecule has 0 fully saturated rings. The molecular formula is C19H15BrN4OS. The first kappa shape index (κ1) is 17.1. The number of halogens is 1. The van der Waals surface area contributed by atoms with Crippen LogP contribution in [0.1, 0.15) is 5.56 Å². The van der Waals surface area contributed by atoms with E-state index in [4.69, 9.17) is 0 Å². The van der Waals surface area contributed by atoms with E-state index in [2.05, 4.69) is 44.4 Å². The molecule has 5 nitrogen and oxygen atoms in total. The van der Waals surface area contributed by atoms with Crippen molar-refractivity contribution in [2.45, 2.75) is 12.1 Å². The fraction of sp³-hybridized carbons (Fsp3) is 0.105. The number of carbonyl (C=O) groups excluding carboxylic acids is 1. The van der Waals surface area contributed by atoms with Gasteiger partial charge in [0.2, 0.25) is 5.91 Å². The van der Waals surface area contributed by atoms with Gasteiger partial charge in [-0.3, -0.25) is 9.20 Å². The molecule has 0 atom stereocenters. The highest BCUT2D eigenvalue weighted by molar-refractivity contribution is 9.10. The molecule has 7 heteroatoms. The molecule has 1 amide bonds. The molecule has 2 heterocycles. The zero-order valence-corrected chi connectivity index (χ0v) is 16.3. The highest BCUT2D eigenvalue weighted by Gasteiger charge is 2.13. The van der Waals surface area contributed by atoms with Gasteiger partial charge >= 0.3 is 0 Å². The Morgan fingerprint density at radius 1 is 1.15 bits per heavy atom. The lowest BCUT2D eigenvalue weighted by molar-refractivity contribution is -0.113. The zero-order chi connectivity index (χ0) is 18.1. The van der Waals surface area contributed by atoms with E-state index in [1.807, 2.05) is 52.9 Å². The number of benzene rings is 2. The molecule has 0 aliphatic heterocycles. The van der Waals surface area contributed by atoms with Crippen molar-refractivity contribution in [3.8, 4) is 0 Å². The lowest BCUT2D eigenvalue weighted by atomic mass is 10.1. The van der Waals surface area contributed by atoms with Crippen LogP contribution in [0, 0.1) is 6.92 Å². The number of nitrogens with one attached hydrogen (secondary N) is 1. The van der Waals surface area contributed by atoms with Crippen LogP contribution in [0.4, 0.5) is 5.69 Å². The van der Waals surface area contributed by atoms with Crippen LogP contribution in [-0.2, 0) is 4.79 Å². The lowest BCUT2D eigenvalue weighted by Gasteiger charge is -2.08. The summed E-state index contributed by atoms with van der Waals surface area (Å²) in [5.74, 6) is 0.177. The average molecular weight is 427 g/mol. The number of rotatable bonds is 4. The standard InChI is InChI=1S/C19H15BrN4OS/c1-12-9-17-22-23-19(24(17)16-8-3-2-7-15(12)16)26-11-18(25)21-14-6-4-5-13(20)10-14/h2-10H,11H2,1H3,(H,21,25). The molecule has 4 rings (SSSR count). The minimum atomic E-state index is -0.0822. The van der Waals surface area contributed by atoms with E-state index >= 15 is 0 Å². The van der Waals surface area contributed by atoms with Crippen molar-refractivity contribution in [1.29, 1.82) is 0 Å². The molecule has 4 aromatic rings. The largest absolute Gasteiger partial charge is 0.325 e. The van der Waals surface area contributed by atoms with Crippen molar-refractivity contribution in [3.63, 3.8) is 0 Å². The van der Waals surface area contributed by atoms with Gasteiger partial charge in [0, 0.05) is 15.5 Å². The van der Waals surface area contributed by atoms with Gasteiger partial charge in [0.15, 0.2) is 10.8 Å². The van der Waals surface area contributed by atoms with Gasteiger partial charge in [0.05, 0.1) is 11.3 Å². The highest BCUT2D eigenvalue weighted by Crippen LogP contribution is 2.26. The summed E-state index contributed by atoms with van der Waals surface area (Å²) in [4.78, 5) is 12.3. The Hall–Kier alpha value is -2.38. The minimum absolute atomic E-state index is 0.0822. The maximum atomic E-state index is 12.3. The van der Waals surface area contributed by atoms with Crippen LogP contribution >= 0.6 is 27.7 Å². The maximum absolute atomic E-state index is 12.3. The Balaban J connectivity index is 1.58. The molecule has 2 aromatic carbocycles. The van der Waals surface area contributed by atoms with Gasteiger partial charge in [-0.1, -0.05) is 52.0 Å². The second-order valence-electron chi connectivity index (χ2n) is 5.87. The molecule has 0 radical (unpaired) electrons. The lowest BCUT2D eigenvalue weighted by Crippen LogP contribution is -2.14. The number of thioether (sulfide) groups is 1. The number of carbonyl (C=O) groups is 1. The minimum Gasteiger partial charge on any atom is -0.325 e. The second-order valence-corrected chi connectivity index (χ2v) is 7.73. The van der Waals surface area contributed by atoms with Gasteiger partial charge in [0.25, 0.3) is 0 Å². The van der Waals surface area contributed by atoms with Crippen molar-refractivity contribution in [2.75, 3.05) is 11.1 Å². The van der Waals surface area contributed by atoms with Gasteiger partial charge in [-0.15, -0.1) is 10.2 Å². The predicted molar refractivity (Wildman–Crippen MR) is 109 cm³/mol.